The van der Waals surface area contributed by atoms with Crippen molar-refractivity contribution in [2.24, 2.45) is 0 Å². The molecule has 100 valence electrons. The number of Topliss-reactive ketones (excluding diaryl/α,β-unsaturated/α-hetero) is 1. The smallest absolute Gasteiger partial charge is 0.368 e. The molecule has 0 fully saturated rings. The Morgan fingerprint density at radius 3 is 2.00 bits per heavy atom. The lowest BCUT2D eigenvalue weighted by Crippen LogP contribution is -2.36. The van der Waals surface area contributed by atoms with Gasteiger partial charge in [0.2, 0.25) is 5.78 Å². The Labute approximate surface area is 102 Å². The number of carbonyl (C=O) groups excluding carboxylic acids is 1. The topological polar surface area (TPSA) is 26.3 Å². The van der Waals surface area contributed by atoms with Gasteiger partial charge in [-0.15, -0.1) is 0 Å². The molecular formula is C12H12F4O2. The fourth-order valence-electron chi connectivity index (χ4n) is 1.69. The van der Waals surface area contributed by atoms with Gasteiger partial charge in [-0.3, -0.25) is 4.79 Å². The van der Waals surface area contributed by atoms with Crippen molar-refractivity contribution >= 4 is 5.78 Å². The number of ketones is 1. The molecule has 2 nitrogen and oxygen atoms in total. The standard InChI is InChI=1S/C12H12F4O2/c1-6-4-8(5-7(2)9(6)18-3)10(17)12(15,16)11(13)14/h4-5,11H,1-3H3. The highest BCUT2D eigenvalue weighted by molar-refractivity contribution is 6.02. The van der Waals surface area contributed by atoms with Gasteiger partial charge in [0.15, 0.2) is 0 Å². The first-order valence-electron chi connectivity index (χ1n) is 5.07. The number of carbonyl (C=O) groups is 1. The number of hydrogen-bond acceptors (Lipinski definition) is 2. The van der Waals surface area contributed by atoms with E-state index in [1.54, 1.807) is 13.8 Å². The van der Waals surface area contributed by atoms with E-state index in [0.29, 0.717) is 16.9 Å². The third kappa shape index (κ3) is 2.47. The number of aryl methyl sites for hydroxylation is 2. The molecule has 0 bridgehead atoms. The van der Waals surface area contributed by atoms with Crippen molar-refractivity contribution in [1.29, 1.82) is 0 Å². The molecule has 1 rings (SSSR count). The Balaban J connectivity index is 3.24. The summed E-state index contributed by atoms with van der Waals surface area (Å²) in [5.41, 5.74) is 0.424. The lowest BCUT2D eigenvalue weighted by Gasteiger charge is -2.16. The second-order valence-corrected chi connectivity index (χ2v) is 3.90. The van der Waals surface area contributed by atoms with E-state index in [4.69, 9.17) is 4.74 Å². The number of ether oxygens (including phenoxy) is 1. The first-order valence-corrected chi connectivity index (χ1v) is 5.07. The van der Waals surface area contributed by atoms with E-state index in [1.807, 2.05) is 0 Å². The minimum Gasteiger partial charge on any atom is -0.496 e. The van der Waals surface area contributed by atoms with Crippen molar-refractivity contribution in [3.8, 4) is 5.75 Å². The molecule has 1 aromatic carbocycles. The summed E-state index contributed by atoms with van der Waals surface area (Å²) in [6.07, 6.45) is -4.02. The lowest BCUT2D eigenvalue weighted by atomic mass is 9.99. The Hall–Kier alpha value is -1.59. The summed E-state index contributed by atoms with van der Waals surface area (Å²) in [6, 6.07) is 2.23. The first-order chi connectivity index (χ1) is 8.21. The van der Waals surface area contributed by atoms with E-state index in [0.717, 1.165) is 12.1 Å². The molecule has 0 aliphatic heterocycles. The highest BCUT2D eigenvalue weighted by Gasteiger charge is 2.49. The van der Waals surface area contributed by atoms with Gasteiger partial charge in [0.1, 0.15) is 5.75 Å². The van der Waals surface area contributed by atoms with E-state index >= 15 is 0 Å². The number of methoxy groups -OCH3 is 1. The Bertz CT molecular complexity index is 446. The molecular weight excluding hydrogens is 252 g/mol. The van der Waals surface area contributed by atoms with Crippen molar-refractivity contribution in [3.05, 3.63) is 28.8 Å². The minimum atomic E-state index is -4.67. The highest BCUT2D eigenvalue weighted by Crippen LogP contribution is 2.31. The molecule has 0 aliphatic carbocycles. The Morgan fingerprint density at radius 2 is 1.67 bits per heavy atom. The van der Waals surface area contributed by atoms with E-state index in [1.165, 1.54) is 7.11 Å². The van der Waals surface area contributed by atoms with Crippen LogP contribution in [-0.2, 0) is 0 Å². The number of rotatable bonds is 4. The zero-order valence-corrected chi connectivity index (χ0v) is 10.1. The molecule has 0 N–H and O–H groups in total. The van der Waals surface area contributed by atoms with Crippen molar-refractivity contribution in [1.82, 2.24) is 0 Å². The van der Waals surface area contributed by atoms with Crippen LogP contribution in [0.5, 0.6) is 5.75 Å². The van der Waals surface area contributed by atoms with Crippen LogP contribution in [-0.4, -0.2) is 25.2 Å². The normalized spacial score (nSPS) is 11.8. The van der Waals surface area contributed by atoms with Crippen molar-refractivity contribution in [2.75, 3.05) is 7.11 Å². The summed E-state index contributed by atoms with van der Waals surface area (Å²) in [6.45, 7) is 3.09. The van der Waals surface area contributed by atoms with Crippen LogP contribution in [0.25, 0.3) is 0 Å². The molecule has 0 atom stereocenters. The zero-order chi connectivity index (χ0) is 14.1. The van der Waals surface area contributed by atoms with Gasteiger partial charge in [-0.2, -0.15) is 8.78 Å². The maximum Gasteiger partial charge on any atom is 0.368 e. The summed E-state index contributed by atoms with van der Waals surface area (Å²) in [5, 5.41) is 0. The van der Waals surface area contributed by atoms with Crippen LogP contribution in [0, 0.1) is 13.8 Å². The number of alkyl halides is 4. The molecule has 0 saturated carbocycles. The number of hydrogen-bond donors (Lipinski definition) is 0. The van der Waals surface area contributed by atoms with E-state index in [2.05, 4.69) is 0 Å². The number of benzene rings is 1. The molecule has 0 aliphatic rings. The van der Waals surface area contributed by atoms with Crippen LogP contribution in [0.15, 0.2) is 12.1 Å². The quantitative estimate of drug-likeness (QED) is 0.615. The lowest BCUT2D eigenvalue weighted by molar-refractivity contribution is -0.0958. The van der Waals surface area contributed by atoms with Gasteiger partial charge in [-0.05, 0) is 37.1 Å². The average Bonchev–Trinajstić information content (AvgIpc) is 2.27. The summed E-state index contributed by atoms with van der Waals surface area (Å²) < 4.78 is 55.1. The Kier molecular flexibility index (Phi) is 3.98. The van der Waals surface area contributed by atoms with Crippen LogP contribution < -0.4 is 4.74 Å². The van der Waals surface area contributed by atoms with Crippen LogP contribution in [0.4, 0.5) is 17.6 Å². The maximum absolute atomic E-state index is 12.9. The SMILES string of the molecule is COc1c(C)cc(C(=O)C(F)(F)C(F)F)cc1C. The van der Waals surface area contributed by atoms with Gasteiger partial charge >= 0.3 is 12.3 Å². The fraction of sp³-hybridized carbons (Fsp3) is 0.417. The van der Waals surface area contributed by atoms with E-state index in [9.17, 15) is 22.4 Å². The molecule has 18 heavy (non-hydrogen) atoms. The summed E-state index contributed by atoms with van der Waals surface area (Å²) in [5.74, 6) is -6.12. The fourth-order valence-corrected chi connectivity index (χ4v) is 1.69. The maximum atomic E-state index is 12.9. The minimum absolute atomic E-state index is 0.436. The molecule has 0 saturated heterocycles. The van der Waals surface area contributed by atoms with Crippen molar-refractivity contribution in [3.63, 3.8) is 0 Å². The third-order valence-corrected chi connectivity index (χ3v) is 2.50. The predicted octanol–water partition coefficient (Wildman–Crippen LogP) is 3.40. The molecule has 0 radical (unpaired) electrons. The summed E-state index contributed by atoms with van der Waals surface area (Å²) in [4.78, 5) is 11.3. The van der Waals surface area contributed by atoms with Gasteiger partial charge in [-0.1, -0.05) is 0 Å². The second-order valence-electron chi connectivity index (χ2n) is 3.90. The second kappa shape index (κ2) is 4.96. The molecule has 6 heteroatoms. The van der Waals surface area contributed by atoms with Gasteiger partial charge in [0, 0.05) is 5.56 Å². The van der Waals surface area contributed by atoms with Crippen LogP contribution in [0.1, 0.15) is 21.5 Å². The van der Waals surface area contributed by atoms with Crippen molar-refractivity contribution < 1.29 is 27.1 Å². The van der Waals surface area contributed by atoms with E-state index < -0.39 is 23.7 Å². The molecule has 1 aromatic rings. The molecule has 0 heterocycles. The molecule has 0 aromatic heterocycles. The van der Waals surface area contributed by atoms with Crippen LogP contribution >= 0.6 is 0 Å². The average molecular weight is 264 g/mol. The third-order valence-electron chi connectivity index (χ3n) is 2.50. The molecule has 0 spiro atoms. The monoisotopic (exact) mass is 264 g/mol. The molecule has 0 unspecified atom stereocenters. The van der Waals surface area contributed by atoms with E-state index in [-0.39, 0.29) is 0 Å². The van der Waals surface area contributed by atoms with Gasteiger partial charge in [0.25, 0.3) is 0 Å². The highest BCUT2D eigenvalue weighted by atomic mass is 19.3. The zero-order valence-electron chi connectivity index (χ0n) is 10.1. The van der Waals surface area contributed by atoms with Gasteiger partial charge < -0.3 is 4.74 Å². The van der Waals surface area contributed by atoms with Crippen LogP contribution in [0.3, 0.4) is 0 Å². The molecule has 0 amide bonds. The Morgan fingerprint density at radius 1 is 1.22 bits per heavy atom. The van der Waals surface area contributed by atoms with Gasteiger partial charge in [-0.25, -0.2) is 8.78 Å². The van der Waals surface area contributed by atoms with Gasteiger partial charge in [0.05, 0.1) is 7.11 Å². The number of halogens is 4. The summed E-state index contributed by atoms with van der Waals surface area (Å²) >= 11 is 0. The first kappa shape index (κ1) is 14.5. The largest absolute Gasteiger partial charge is 0.496 e. The van der Waals surface area contributed by atoms with Crippen molar-refractivity contribution in [2.45, 2.75) is 26.2 Å². The van der Waals surface area contributed by atoms with Crippen LogP contribution in [0.2, 0.25) is 0 Å². The summed E-state index contributed by atoms with van der Waals surface area (Å²) in [7, 11) is 1.39. The predicted molar refractivity (Wildman–Crippen MR) is 57.7 cm³/mol.